The summed E-state index contributed by atoms with van der Waals surface area (Å²) < 4.78 is 0. The lowest BCUT2D eigenvalue weighted by Gasteiger charge is -2.02. The van der Waals surface area contributed by atoms with E-state index in [9.17, 15) is 0 Å². The molecule has 0 unspecified atom stereocenters. The van der Waals surface area contributed by atoms with Crippen LogP contribution in [0.4, 0.5) is 0 Å². The summed E-state index contributed by atoms with van der Waals surface area (Å²) in [5.74, 6) is 0. The van der Waals surface area contributed by atoms with Crippen molar-refractivity contribution in [2.75, 3.05) is 0 Å². The summed E-state index contributed by atoms with van der Waals surface area (Å²) in [4.78, 5) is 0. The molecule has 1 aliphatic carbocycles. The van der Waals surface area contributed by atoms with Crippen molar-refractivity contribution in [3.8, 4) is 0 Å². The van der Waals surface area contributed by atoms with Gasteiger partial charge in [-0.1, -0.05) is 37.5 Å². The van der Waals surface area contributed by atoms with Crippen LogP contribution in [0.1, 0.15) is 46.5 Å². The fraction of sp³-hybridized carbons (Fsp3) is 0.636. The molecule has 0 heteroatoms. The predicted molar refractivity (Wildman–Crippen MR) is 50.6 cm³/mol. The smallest absolute Gasteiger partial charge is 0.0102 e. The van der Waals surface area contributed by atoms with E-state index in [1.54, 1.807) is 16.7 Å². The Morgan fingerprint density at radius 1 is 1.36 bits per heavy atom. The highest BCUT2D eigenvalue weighted by atomic mass is 14.2. The van der Waals surface area contributed by atoms with Crippen LogP contribution >= 0.6 is 0 Å². The average molecular weight is 150 g/mol. The summed E-state index contributed by atoms with van der Waals surface area (Å²) >= 11 is 0. The number of allylic oxidation sites excluding steroid dienone is 4. The lowest BCUT2D eigenvalue weighted by atomic mass is 10.0. The maximum Gasteiger partial charge on any atom is -0.0102 e. The fourth-order valence-electron chi connectivity index (χ4n) is 1.80. The first-order valence-electron chi connectivity index (χ1n) is 4.66. The molecule has 0 fully saturated rings. The summed E-state index contributed by atoms with van der Waals surface area (Å²) in [6.45, 7) is 6.74. The monoisotopic (exact) mass is 150 g/mol. The van der Waals surface area contributed by atoms with E-state index in [4.69, 9.17) is 0 Å². The fourth-order valence-corrected chi connectivity index (χ4v) is 1.80. The number of rotatable bonds is 3. The van der Waals surface area contributed by atoms with Gasteiger partial charge in [0.2, 0.25) is 0 Å². The molecule has 0 aliphatic heterocycles. The quantitative estimate of drug-likeness (QED) is 0.573. The van der Waals surface area contributed by atoms with Crippen molar-refractivity contribution in [2.24, 2.45) is 0 Å². The second-order valence-corrected chi connectivity index (χ2v) is 3.40. The van der Waals surface area contributed by atoms with Crippen molar-refractivity contribution in [1.29, 1.82) is 0 Å². The van der Waals surface area contributed by atoms with Crippen molar-refractivity contribution in [3.05, 3.63) is 22.8 Å². The third-order valence-corrected chi connectivity index (χ3v) is 2.30. The molecule has 0 aromatic heterocycles. The first kappa shape index (κ1) is 8.58. The average Bonchev–Trinajstić information content (AvgIpc) is 2.32. The first-order valence-corrected chi connectivity index (χ1v) is 4.66. The van der Waals surface area contributed by atoms with Crippen molar-refractivity contribution >= 4 is 0 Å². The molecular formula is C11H18. The van der Waals surface area contributed by atoms with Gasteiger partial charge in [-0.05, 0) is 31.8 Å². The van der Waals surface area contributed by atoms with Crippen molar-refractivity contribution in [3.63, 3.8) is 0 Å². The largest absolute Gasteiger partial charge is 0.0690 e. The molecule has 0 aromatic carbocycles. The van der Waals surface area contributed by atoms with E-state index < -0.39 is 0 Å². The van der Waals surface area contributed by atoms with Gasteiger partial charge < -0.3 is 0 Å². The zero-order valence-electron chi connectivity index (χ0n) is 7.91. The van der Waals surface area contributed by atoms with Crippen LogP contribution in [0.2, 0.25) is 0 Å². The molecule has 0 N–H and O–H groups in total. The van der Waals surface area contributed by atoms with E-state index in [2.05, 4.69) is 26.8 Å². The molecule has 0 nitrogen and oxygen atoms in total. The lowest BCUT2D eigenvalue weighted by molar-refractivity contribution is 0.861. The number of hydrogen-bond donors (Lipinski definition) is 0. The van der Waals surface area contributed by atoms with Gasteiger partial charge in [-0.3, -0.25) is 0 Å². The van der Waals surface area contributed by atoms with Gasteiger partial charge in [-0.15, -0.1) is 0 Å². The number of hydrogen-bond acceptors (Lipinski definition) is 0. The molecule has 0 spiro atoms. The van der Waals surface area contributed by atoms with Gasteiger partial charge in [0.1, 0.15) is 0 Å². The zero-order chi connectivity index (χ0) is 8.27. The second-order valence-electron chi connectivity index (χ2n) is 3.40. The molecule has 1 rings (SSSR count). The van der Waals surface area contributed by atoms with Crippen LogP contribution in [-0.4, -0.2) is 0 Å². The van der Waals surface area contributed by atoms with Crippen LogP contribution in [0.25, 0.3) is 0 Å². The molecule has 1 aliphatic rings. The molecule has 0 amide bonds. The molecule has 0 heterocycles. The van der Waals surface area contributed by atoms with Gasteiger partial charge in [0.25, 0.3) is 0 Å². The Balaban J connectivity index is 2.64. The maximum absolute atomic E-state index is 2.37. The van der Waals surface area contributed by atoms with Crippen LogP contribution in [0, 0.1) is 0 Å². The van der Waals surface area contributed by atoms with Crippen LogP contribution in [0.5, 0.6) is 0 Å². The molecule has 11 heavy (non-hydrogen) atoms. The van der Waals surface area contributed by atoms with Gasteiger partial charge in [-0.2, -0.15) is 0 Å². The SMILES string of the molecule is CCCC1=C(CC)C=C(C)C1. The molecule has 0 atom stereocenters. The second kappa shape index (κ2) is 3.75. The molecular weight excluding hydrogens is 132 g/mol. The highest BCUT2D eigenvalue weighted by Gasteiger charge is 2.09. The van der Waals surface area contributed by atoms with Gasteiger partial charge in [0.15, 0.2) is 0 Å². The Morgan fingerprint density at radius 2 is 2.09 bits per heavy atom. The molecule has 0 saturated carbocycles. The summed E-state index contributed by atoms with van der Waals surface area (Å²) in [7, 11) is 0. The minimum absolute atomic E-state index is 1.21. The van der Waals surface area contributed by atoms with Gasteiger partial charge in [-0.25, -0.2) is 0 Å². The van der Waals surface area contributed by atoms with Crippen molar-refractivity contribution in [2.45, 2.75) is 46.5 Å². The molecule has 0 bridgehead atoms. The third-order valence-electron chi connectivity index (χ3n) is 2.30. The van der Waals surface area contributed by atoms with Crippen LogP contribution in [0.3, 0.4) is 0 Å². The highest BCUT2D eigenvalue weighted by Crippen LogP contribution is 2.29. The highest BCUT2D eigenvalue weighted by molar-refractivity contribution is 5.37. The van der Waals surface area contributed by atoms with E-state index >= 15 is 0 Å². The first-order chi connectivity index (χ1) is 5.27. The summed E-state index contributed by atoms with van der Waals surface area (Å²) in [5, 5.41) is 0. The Kier molecular flexibility index (Phi) is 2.92. The van der Waals surface area contributed by atoms with Crippen LogP contribution in [0.15, 0.2) is 22.8 Å². The molecule has 62 valence electrons. The lowest BCUT2D eigenvalue weighted by Crippen LogP contribution is -1.82. The normalized spacial score (nSPS) is 17.5. The van der Waals surface area contributed by atoms with Gasteiger partial charge >= 0.3 is 0 Å². The van der Waals surface area contributed by atoms with Crippen molar-refractivity contribution < 1.29 is 0 Å². The maximum atomic E-state index is 2.37. The summed E-state index contributed by atoms with van der Waals surface area (Å²) in [6.07, 6.45) is 7.42. The van der Waals surface area contributed by atoms with E-state index in [-0.39, 0.29) is 0 Å². The standard InChI is InChI=1S/C11H18/c1-4-6-11-8-9(3)7-10(11)5-2/h7H,4-6,8H2,1-3H3. The topological polar surface area (TPSA) is 0 Å². The third kappa shape index (κ3) is 1.95. The minimum Gasteiger partial charge on any atom is -0.0690 e. The van der Waals surface area contributed by atoms with Crippen LogP contribution in [-0.2, 0) is 0 Å². The predicted octanol–water partition coefficient (Wildman–Crippen LogP) is 3.84. The zero-order valence-corrected chi connectivity index (χ0v) is 7.91. The van der Waals surface area contributed by atoms with Gasteiger partial charge in [0.05, 0.1) is 0 Å². The Hall–Kier alpha value is -0.520. The van der Waals surface area contributed by atoms with Gasteiger partial charge in [0, 0.05) is 0 Å². The molecule has 0 aromatic rings. The van der Waals surface area contributed by atoms with E-state index in [1.807, 2.05) is 0 Å². The van der Waals surface area contributed by atoms with Crippen LogP contribution < -0.4 is 0 Å². The summed E-state index contributed by atoms with van der Waals surface area (Å²) in [6, 6.07) is 0. The Morgan fingerprint density at radius 3 is 2.64 bits per heavy atom. The Bertz CT molecular complexity index is 194. The summed E-state index contributed by atoms with van der Waals surface area (Å²) in [5.41, 5.74) is 4.84. The molecule has 0 saturated heterocycles. The minimum atomic E-state index is 1.21. The van der Waals surface area contributed by atoms with E-state index in [1.165, 1.54) is 25.7 Å². The van der Waals surface area contributed by atoms with E-state index in [0.29, 0.717) is 0 Å². The Labute approximate surface area is 70.0 Å². The van der Waals surface area contributed by atoms with E-state index in [0.717, 1.165) is 0 Å². The van der Waals surface area contributed by atoms with Crippen molar-refractivity contribution in [1.82, 2.24) is 0 Å². The molecule has 0 radical (unpaired) electrons.